The van der Waals surface area contributed by atoms with Crippen LogP contribution in [-0.2, 0) is 0 Å². The highest BCUT2D eigenvalue weighted by Gasteiger charge is 2.28. The molecule has 4 N–H and O–H groups in total. The minimum Gasteiger partial charge on any atom is -0.445 e. The van der Waals surface area contributed by atoms with Gasteiger partial charge >= 0.3 is 6.98 Å². The van der Waals surface area contributed by atoms with E-state index in [2.05, 4.69) is 10.2 Å². The number of nitrogens with two attached hydrogens (primary N) is 2. The molecule has 0 fully saturated rings. The van der Waals surface area contributed by atoms with Crippen LogP contribution in [0.1, 0.15) is 5.56 Å². The molecule has 0 amide bonds. The highest BCUT2D eigenvalue weighted by molar-refractivity contribution is 6.73. The molecule has 0 saturated heterocycles. The van der Waals surface area contributed by atoms with Crippen molar-refractivity contribution in [3.05, 3.63) is 29.6 Å². The van der Waals surface area contributed by atoms with Gasteiger partial charge in [-0.25, -0.2) is 4.39 Å². The second-order valence-corrected chi connectivity index (χ2v) is 3.13. The minimum atomic E-state index is -5.40. The van der Waals surface area contributed by atoms with Gasteiger partial charge in [-0.2, -0.15) is 5.10 Å². The molecular formula is C8H8BF4N4-. The van der Waals surface area contributed by atoms with Gasteiger partial charge in [0.25, 0.3) is 0 Å². The molecule has 9 heteroatoms. The molecule has 1 rings (SSSR count). The Morgan fingerprint density at radius 1 is 1.24 bits per heavy atom. The summed E-state index contributed by atoms with van der Waals surface area (Å²) in [4.78, 5) is 0. The van der Waals surface area contributed by atoms with Crippen LogP contribution in [0.5, 0.6) is 0 Å². The molecule has 92 valence electrons. The van der Waals surface area contributed by atoms with Crippen LogP contribution < -0.4 is 16.9 Å². The molecule has 0 aliphatic rings. The first-order valence-corrected chi connectivity index (χ1v) is 4.42. The first-order chi connectivity index (χ1) is 7.80. The van der Waals surface area contributed by atoms with Gasteiger partial charge in [0.2, 0.25) is 5.96 Å². The highest BCUT2D eigenvalue weighted by atomic mass is 19.4. The molecule has 0 aliphatic heterocycles. The molecule has 0 radical (unpaired) electrons. The molecule has 0 bridgehead atoms. The van der Waals surface area contributed by atoms with Gasteiger partial charge in [-0.3, -0.25) is 0 Å². The lowest BCUT2D eigenvalue weighted by molar-refractivity contribution is 0.494. The first-order valence-electron chi connectivity index (χ1n) is 4.42. The molecule has 1 aromatic rings. The molecule has 0 heterocycles. The molecule has 0 unspecified atom stereocenters. The summed E-state index contributed by atoms with van der Waals surface area (Å²) in [7, 11) is 0. The van der Waals surface area contributed by atoms with Crippen LogP contribution in [0.25, 0.3) is 0 Å². The quantitative estimate of drug-likeness (QED) is 0.268. The van der Waals surface area contributed by atoms with Crippen molar-refractivity contribution in [3.8, 4) is 0 Å². The van der Waals surface area contributed by atoms with Gasteiger partial charge in [0, 0.05) is 0 Å². The third-order valence-corrected chi connectivity index (χ3v) is 1.75. The maximum Gasteiger partial charge on any atom is 0.512 e. The Bertz CT molecular complexity index is 465. The molecule has 0 spiro atoms. The van der Waals surface area contributed by atoms with Crippen molar-refractivity contribution in [2.45, 2.75) is 0 Å². The standard InChI is InChI=1S/C8H8BF4N4/c10-7-2-1-5(4-16-17-8(14)15)3-6(7)9(11,12)13/h1-4H,(H4,14,15,17)/q-1. The Kier molecular flexibility index (Phi) is 3.71. The van der Waals surface area contributed by atoms with E-state index in [4.69, 9.17) is 11.5 Å². The normalized spacial score (nSPS) is 11.8. The summed E-state index contributed by atoms with van der Waals surface area (Å²) in [6.45, 7) is -5.40. The van der Waals surface area contributed by atoms with Crippen LogP contribution in [0.3, 0.4) is 0 Å². The lowest BCUT2D eigenvalue weighted by atomic mass is 9.79. The van der Waals surface area contributed by atoms with Crippen LogP contribution in [0, 0.1) is 5.82 Å². The van der Waals surface area contributed by atoms with E-state index in [9.17, 15) is 17.3 Å². The molecule has 0 aromatic heterocycles. The fourth-order valence-electron chi connectivity index (χ4n) is 1.06. The van der Waals surface area contributed by atoms with Crippen molar-refractivity contribution in [3.63, 3.8) is 0 Å². The van der Waals surface area contributed by atoms with Crippen LogP contribution in [0.2, 0.25) is 0 Å². The lowest BCUT2D eigenvalue weighted by Crippen LogP contribution is -2.37. The number of nitrogens with zero attached hydrogens (tertiary/aromatic N) is 2. The van der Waals surface area contributed by atoms with Gasteiger partial charge in [-0.1, -0.05) is 17.6 Å². The lowest BCUT2D eigenvalue weighted by Gasteiger charge is -2.15. The largest absolute Gasteiger partial charge is 0.512 e. The van der Waals surface area contributed by atoms with Crippen molar-refractivity contribution in [2.24, 2.45) is 21.7 Å². The van der Waals surface area contributed by atoms with E-state index in [0.29, 0.717) is 12.1 Å². The van der Waals surface area contributed by atoms with E-state index in [1.807, 2.05) is 0 Å². The van der Waals surface area contributed by atoms with Crippen LogP contribution in [0.15, 0.2) is 28.4 Å². The third-order valence-electron chi connectivity index (χ3n) is 1.75. The van der Waals surface area contributed by atoms with Gasteiger partial charge in [0.1, 0.15) is 0 Å². The number of hydrogen-bond donors (Lipinski definition) is 2. The second kappa shape index (κ2) is 4.85. The summed E-state index contributed by atoms with van der Waals surface area (Å²) in [6.07, 6.45) is 0.991. The Morgan fingerprint density at radius 2 is 1.88 bits per heavy atom. The maximum atomic E-state index is 12.9. The predicted octanol–water partition coefficient (Wildman–Crippen LogP) is 0.487. The summed E-state index contributed by atoms with van der Waals surface area (Å²) in [5.41, 5.74) is 8.65. The Balaban J connectivity index is 3.06. The average molecular weight is 247 g/mol. The van der Waals surface area contributed by atoms with Crippen LogP contribution in [-0.4, -0.2) is 19.2 Å². The average Bonchev–Trinajstić information content (AvgIpc) is 2.18. The summed E-state index contributed by atoms with van der Waals surface area (Å²) >= 11 is 0. The summed E-state index contributed by atoms with van der Waals surface area (Å²) in [6, 6.07) is 2.48. The smallest absolute Gasteiger partial charge is 0.445 e. The summed E-state index contributed by atoms with van der Waals surface area (Å²) < 4.78 is 50.1. The Morgan fingerprint density at radius 3 is 2.41 bits per heavy atom. The first kappa shape index (κ1) is 13.0. The highest BCUT2D eigenvalue weighted by Crippen LogP contribution is 2.12. The maximum absolute atomic E-state index is 12.9. The fourth-order valence-corrected chi connectivity index (χ4v) is 1.06. The topological polar surface area (TPSA) is 76.8 Å². The Hall–Kier alpha value is -2.06. The van der Waals surface area contributed by atoms with Crippen LogP contribution in [0.4, 0.5) is 17.3 Å². The zero-order chi connectivity index (χ0) is 13.1. The van der Waals surface area contributed by atoms with Gasteiger partial charge in [0.15, 0.2) is 0 Å². The Labute approximate surface area is 94.1 Å². The van der Waals surface area contributed by atoms with E-state index < -0.39 is 18.3 Å². The third kappa shape index (κ3) is 3.78. The summed E-state index contributed by atoms with van der Waals surface area (Å²) in [5, 5.41) is 6.53. The van der Waals surface area contributed by atoms with Crippen molar-refractivity contribution >= 4 is 24.6 Å². The SMILES string of the molecule is NC(N)=NN=Cc1ccc(F)c([B-](F)(F)F)c1. The van der Waals surface area contributed by atoms with Crippen molar-refractivity contribution in [2.75, 3.05) is 0 Å². The van der Waals surface area contributed by atoms with Crippen molar-refractivity contribution in [1.29, 1.82) is 0 Å². The predicted molar refractivity (Wildman–Crippen MR) is 58.5 cm³/mol. The molecule has 0 atom stereocenters. The number of hydrogen-bond acceptors (Lipinski definition) is 2. The molecule has 1 aromatic carbocycles. The minimum absolute atomic E-state index is 0.0469. The zero-order valence-electron chi connectivity index (χ0n) is 8.45. The number of rotatable bonds is 3. The monoisotopic (exact) mass is 247 g/mol. The van der Waals surface area contributed by atoms with Crippen molar-refractivity contribution < 1.29 is 17.3 Å². The van der Waals surface area contributed by atoms with E-state index >= 15 is 0 Å². The number of halogens is 4. The van der Waals surface area contributed by atoms with Gasteiger partial charge in [-0.15, -0.1) is 5.10 Å². The molecule has 4 nitrogen and oxygen atoms in total. The number of benzene rings is 1. The second-order valence-electron chi connectivity index (χ2n) is 3.13. The van der Waals surface area contributed by atoms with E-state index in [-0.39, 0.29) is 11.5 Å². The van der Waals surface area contributed by atoms with E-state index in [0.717, 1.165) is 12.3 Å². The molecule has 0 saturated carbocycles. The summed E-state index contributed by atoms with van der Waals surface area (Å²) in [5.74, 6) is -1.65. The molecular weight excluding hydrogens is 239 g/mol. The fraction of sp³-hybridized carbons (Fsp3) is 0. The van der Waals surface area contributed by atoms with Gasteiger partial charge < -0.3 is 24.4 Å². The van der Waals surface area contributed by atoms with Crippen LogP contribution >= 0.6 is 0 Å². The molecule has 0 aliphatic carbocycles. The zero-order valence-corrected chi connectivity index (χ0v) is 8.45. The van der Waals surface area contributed by atoms with Crippen molar-refractivity contribution in [1.82, 2.24) is 0 Å². The van der Waals surface area contributed by atoms with Gasteiger partial charge in [0.05, 0.1) is 12.0 Å². The van der Waals surface area contributed by atoms with Gasteiger partial charge in [-0.05, 0) is 11.6 Å². The van der Waals surface area contributed by atoms with E-state index in [1.54, 1.807) is 0 Å². The number of guanidine groups is 1. The molecule has 17 heavy (non-hydrogen) atoms. The van der Waals surface area contributed by atoms with E-state index in [1.165, 1.54) is 0 Å².